The van der Waals surface area contributed by atoms with Gasteiger partial charge in [0.25, 0.3) is 0 Å². The van der Waals surface area contributed by atoms with Gasteiger partial charge in [0.15, 0.2) is 11.0 Å². The Morgan fingerprint density at radius 3 is 2.79 bits per heavy atom. The lowest BCUT2D eigenvalue weighted by molar-refractivity contribution is -0.129. The van der Waals surface area contributed by atoms with Gasteiger partial charge in [-0.05, 0) is 48.6 Å². The third-order valence-electron chi connectivity index (χ3n) is 5.75. The molecule has 2 aromatic carbocycles. The molecule has 0 spiro atoms. The lowest BCUT2D eigenvalue weighted by Gasteiger charge is -2.23. The van der Waals surface area contributed by atoms with Crippen molar-refractivity contribution in [1.82, 2.24) is 19.7 Å². The zero-order chi connectivity index (χ0) is 22.6. The van der Waals surface area contributed by atoms with E-state index in [1.54, 1.807) is 18.4 Å². The fraction of sp³-hybridized carbons (Fsp3) is 0.240. The summed E-state index contributed by atoms with van der Waals surface area (Å²) in [5.41, 5.74) is 1.86. The predicted molar refractivity (Wildman–Crippen MR) is 132 cm³/mol. The van der Waals surface area contributed by atoms with Gasteiger partial charge in [-0.25, -0.2) is 0 Å². The van der Waals surface area contributed by atoms with Crippen LogP contribution in [0.2, 0.25) is 0 Å². The van der Waals surface area contributed by atoms with Crippen LogP contribution in [0.3, 0.4) is 0 Å². The molecule has 1 atom stereocenters. The smallest absolute Gasteiger partial charge is 0.233 e. The first-order valence-electron chi connectivity index (χ1n) is 10.9. The summed E-state index contributed by atoms with van der Waals surface area (Å²) in [5, 5.41) is 11.7. The summed E-state index contributed by atoms with van der Waals surface area (Å²) in [5.74, 6) is 1.94. The fourth-order valence-corrected chi connectivity index (χ4v) is 5.88. The van der Waals surface area contributed by atoms with Gasteiger partial charge >= 0.3 is 0 Å². The zero-order valence-electron chi connectivity index (χ0n) is 18.3. The minimum atomic E-state index is 0.140. The van der Waals surface area contributed by atoms with E-state index in [4.69, 9.17) is 4.74 Å². The highest BCUT2D eigenvalue weighted by atomic mass is 32.2. The number of carbonyl (C=O) groups excluding carboxylic acids is 1. The number of hydrogen-bond donors (Lipinski definition) is 0. The second kappa shape index (κ2) is 9.80. The highest BCUT2D eigenvalue weighted by Crippen LogP contribution is 2.36. The van der Waals surface area contributed by atoms with E-state index in [0.717, 1.165) is 36.4 Å². The van der Waals surface area contributed by atoms with E-state index in [0.29, 0.717) is 16.7 Å². The Kier molecular flexibility index (Phi) is 6.46. The molecule has 0 bridgehead atoms. The third kappa shape index (κ3) is 4.54. The van der Waals surface area contributed by atoms with Gasteiger partial charge in [0.1, 0.15) is 5.75 Å². The molecule has 6 nitrogen and oxygen atoms in total. The Labute approximate surface area is 201 Å². The summed E-state index contributed by atoms with van der Waals surface area (Å²) < 4.78 is 7.40. The van der Waals surface area contributed by atoms with Crippen LogP contribution >= 0.6 is 23.1 Å². The Morgan fingerprint density at radius 2 is 2.00 bits per heavy atom. The normalized spacial score (nSPS) is 15.7. The van der Waals surface area contributed by atoms with E-state index >= 15 is 0 Å². The Hall–Kier alpha value is -3.10. The van der Waals surface area contributed by atoms with Crippen molar-refractivity contribution in [2.24, 2.45) is 0 Å². The minimum absolute atomic E-state index is 0.140. The number of ether oxygens (including phenoxy) is 1. The lowest BCUT2D eigenvalue weighted by Crippen LogP contribution is -2.31. The van der Waals surface area contributed by atoms with Crippen LogP contribution in [0.4, 0.5) is 0 Å². The van der Waals surface area contributed by atoms with Crippen LogP contribution in [-0.2, 0) is 4.79 Å². The van der Waals surface area contributed by atoms with Gasteiger partial charge in [0.2, 0.25) is 5.91 Å². The molecule has 168 valence electrons. The summed E-state index contributed by atoms with van der Waals surface area (Å²) in [7, 11) is 1.65. The third-order valence-corrected chi connectivity index (χ3v) is 7.63. The van der Waals surface area contributed by atoms with E-state index in [-0.39, 0.29) is 11.9 Å². The monoisotopic (exact) mass is 476 g/mol. The van der Waals surface area contributed by atoms with E-state index in [1.807, 2.05) is 64.1 Å². The molecule has 1 saturated heterocycles. The van der Waals surface area contributed by atoms with Crippen molar-refractivity contribution in [3.05, 3.63) is 77.0 Å². The molecule has 2 aromatic heterocycles. The second-order valence-corrected chi connectivity index (χ2v) is 9.68. The number of benzene rings is 2. The highest BCUT2D eigenvalue weighted by molar-refractivity contribution is 7.99. The number of rotatable bonds is 7. The number of amides is 1. The lowest BCUT2D eigenvalue weighted by atomic mass is 10.2. The molecule has 8 heteroatoms. The van der Waals surface area contributed by atoms with Crippen molar-refractivity contribution in [2.45, 2.75) is 24.0 Å². The molecule has 33 heavy (non-hydrogen) atoms. The van der Waals surface area contributed by atoms with Gasteiger partial charge in [0, 0.05) is 22.7 Å². The number of nitrogens with zero attached hydrogens (tertiary/aromatic N) is 4. The number of thioether (sulfide) groups is 1. The Balaban J connectivity index is 1.41. The van der Waals surface area contributed by atoms with Crippen molar-refractivity contribution >= 4 is 29.0 Å². The maximum absolute atomic E-state index is 13.2. The molecular weight excluding hydrogens is 452 g/mol. The number of para-hydroxylation sites is 1. The molecule has 1 amide bonds. The summed E-state index contributed by atoms with van der Waals surface area (Å²) in [4.78, 5) is 16.4. The molecule has 1 fully saturated rings. The average molecular weight is 477 g/mol. The largest absolute Gasteiger partial charge is 0.497 e. The number of methoxy groups -OCH3 is 1. The minimum Gasteiger partial charge on any atom is -0.497 e. The summed E-state index contributed by atoms with van der Waals surface area (Å²) in [6.45, 7) is 0.808. The van der Waals surface area contributed by atoms with Gasteiger partial charge in [-0.3, -0.25) is 9.36 Å². The zero-order valence-corrected chi connectivity index (χ0v) is 19.9. The highest BCUT2D eigenvalue weighted by Gasteiger charge is 2.30. The molecule has 5 rings (SSSR count). The maximum atomic E-state index is 13.2. The van der Waals surface area contributed by atoms with Crippen LogP contribution < -0.4 is 4.74 Å². The number of thiophene rings is 1. The average Bonchev–Trinajstić information content (AvgIpc) is 3.63. The van der Waals surface area contributed by atoms with E-state index in [9.17, 15) is 4.79 Å². The quantitative estimate of drug-likeness (QED) is 0.332. The first kappa shape index (κ1) is 21.7. The molecule has 1 aliphatic heterocycles. The van der Waals surface area contributed by atoms with Crippen LogP contribution in [0.15, 0.2) is 77.3 Å². The van der Waals surface area contributed by atoms with Gasteiger partial charge in [-0.2, -0.15) is 0 Å². The van der Waals surface area contributed by atoms with Crippen LogP contribution in [0.5, 0.6) is 5.75 Å². The molecule has 4 aromatic rings. The molecule has 0 N–H and O–H groups in total. The number of aromatic nitrogens is 3. The fourth-order valence-electron chi connectivity index (χ4n) is 4.17. The molecule has 0 saturated carbocycles. The first-order valence-corrected chi connectivity index (χ1v) is 12.7. The standard InChI is InChI=1S/C25H24N4O2S2/c1-31-20-11-5-8-18(16-20)24-26-27-25(29(24)19-9-3-2-4-10-19)33-17-23(30)28-14-6-12-21(28)22-13-7-15-32-22/h2-5,7-11,13,15-16,21H,6,12,14,17H2,1H3. The molecule has 1 unspecified atom stereocenters. The van der Waals surface area contributed by atoms with Gasteiger partial charge in [-0.15, -0.1) is 21.5 Å². The van der Waals surface area contributed by atoms with Gasteiger partial charge in [0.05, 0.1) is 18.9 Å². The van der Waals surface area contributed by atoms with Crippen molar-refractivity contribution in [3.8, 4) is 22.8 Å². The van der Waals surface area contributed by atoms with Crippen LogP contribution in [0, 0.1) is 0 Å². The predicted octanol–water partition coefficient (Wildman–Crippen LogP) is 5.46. The molecule has 0 radical (unpaired) electrons. The number of hydrogen-bond acceptors (Lipinski definition) is 6. The first-order chi connectivity index (χ1) is 16.2. The molecule has 0 aliphatic carbocycles. The summed E-state index contributed by atoms with van der Waals surface area (Å²) in [6.07, 6.45) is 2.07. The van der Waals surface area contributed by atoms with Crippen LogP contribution in [0.25, 0.3) is 17.1 Å². The molecular formula is C25H24N4O2S2. The van der Waals surface area contributed by atoms with Crippen LogP contribution in [-0.4, -0.2) is 45.0 Å². The van der Waals surface area contributed by atoms with E-state index in [2.05, 4.69) is 27.7 Å². The molecule has 3 heterocycles. The van der Waals surface area contributed by atoms with Crippen LogP contribution in [0.1, 0.15) is 23.8 Å². The van der Waals surface area contributed by atoms with Crippen molar-refractivity contribution in [3.63, 3.8) is 0 Å². The van der Waals surface area contributed by atoms with E-state index < -0.39 is 0 Å². The van der Waals surface area contributed by atoms with Crippen molar-refractivity contribution in [1.29, 1.82) is 0 Å². The number of carbonyl (C=O) groups is 1. The molecule has 1 aliphatic rings. The van der Waals surface area contributed by atoms with Crippen molar-refractivity contribution in [2.75, 3.05) is 19.4 Å². The number of likely N-dealkylation sites (tertiary alicyclic amines) is 1. The van der Waals surface area contributed by atoms with E-state index in [1.165, 1.54) is 16.6 Å². The van der Waals surface area contributed by atoms with Crippen molar-refractivity contribution < 1.29 is 9.53 Å². The van der Waals surface area contributed by atoms with Gasteiger partial charge in [-0.1, -0.05) is 48.2 Å². The Bertz CT molecular complexity index is 1220. The summed E-state index contributed by atoms with van der Waals surface area (Å²) >= 11 is 3.15. The SMILES string of the molecule is COc1cccc(-c2nnc(SCC(=O)N3CCCC3c3cccs3)n2-c2ccccc2)c1. The maximum Gasteiger partial charge on any atom is 0.233 e. The summed E-state index contributed by atoms with van der Waals surface area (Å²) in [6, 6.07) is 22.1. The Morgan fingerprint density at radius 1 is 1.12 bits per heavy atom. The van der Waals surface area contributed by atoms with Gasteiger partial charge < -0.3 is 9.64 Å². The second-order valence-electron chi connectivity index (χ2n) is 7.76. The topological polar surface area (TPSA) is 60.3 Å².